The molecule has 0 aliphatic carbocycles. The molecule has 0 radical (unpaired) electrons. The van der Waals surface area contributed by atoms with Crippen LogP contribution in [0.5, 0.6) is 0 Å². The summed E-state index contributed by atoms with van der Waals surface area (Å²) in [4.78, 5) is 13.1. The number of nitrogens with zero attached hydrogens (tertiary/aromatic N) is 1. The standard InChI is InChI=1S/C12H15BrFNO2/c1-3-15(8-12(16)17-2)7-9-4-5-10(14)6-11(9)13/h4-6H,3,7-8H2,1-2H3. The minimum absolute atomic E-state index is 0.233. The van der Waals surface area contributed by atoms with Gasteiger partial charge < -0.3 is 4.74 Å². The number of ether oxygens (including phenoxy) is 1. The van der Waals surface area contributed by atoms with Gasteiger partial charge in [0.2, 0.25) is 0 Å². The molecule has 1 rings (SSSR count). The zero-order chi connectivity index (χ0) is 12.8. The van der Waals surface area contributed by atoms with E-state index in [1.165, 1.54) is 19.2 Å². The van der Waals surface area contributed by atoms with Crippen molar-refractivity contribution in [2.75, 3.05) is 20.2 Å². The van der Waals surface area contributed by atoms with Crippen molar-refractivity contribution in [3.05, 3.63) is 34.1 Å². The van der Waals surface area contributed by atoms with E-state index in [1.807, 2.05) is 11.8 Å². The van der Waals surface area contributed by atoms with Crippen LogP contribution in [-0.4, -0.2) is 31.1 Å². The molecule has 0 heterocycles. The lowest BCUT2D eigenvalue weighted by Gasteiger charge is -2.19. The van der Waals surface area contributed by atoms with Crippen LogP contribution < -0.4 is 0 Å². The first-order chi connectivity index (χ1) is 8.06. The Hall–Kier alpha value is -0.940. The molecule has 1 aromatic carbocycles. The maximum atomic E-state index is 12.9. The number of benzene rings is 1. The van der Waals surface area contributed by atoms with Gasteiger partial charge in [-0.2, -0.15) is 0 Å². The van der Waals surface area contributed by atoms with Crippen molar-refractivity contribution in [2.24, 2.45) is 0 Å². The number of esters is 1. The van der Waals surface area contributed by atoms with Gasteiger partial charge in [0.05, 0.1) is 13.7 Å². The molecule has 0 aromatic heterocycles. The zero-order valence-electron chi connectivity index (χ0n) is 9.87. The van der Waals surface area contributed by atoms with Crippen LogP contribution in [-0.2, 0) is 16.1 Å². The van der Waals surface area contributed by atoms with Crippen molar-refractivity contribution < 1.29 is 13.9 Å². The number of halogens is 2. The molecule has 1 aromatic rings. The summed E-state index contributed by atoms with van der Waals surface area (Å²) in [7, 11) is 1.37. The summed E-state index contributed by atoms with van der Waals surface area (Å²) in [6.45, 7) is 3.49. The van der Waals surface area contributed by atoms with E-state index < -0.39 is 0 Å². The van der Waals surface area contributed by atoms with Crippen LogP contribution in [0.15, 0.2) is 22.7 Å². The Balaban J connectivity index is 2.70. The van der Waals surface area contributed by atoms with Gasteiger partial charge >= 0.3 is 5.97 Å². The average molecular weight is 304 g/mol. The van der Waals surface area contributed by atoms with E-state index in [0.29, 0.717) is 11.0 Å². The molecule has 94 valence electrons. The summed E-state index contributed by atoms with van der Waals surface area (Å²) < 4.78 is 18.2. The molecule has 0 saturated carbocycles. The highest BCUT2D eigenvalue weighted by Crippen LogP contribution is 2.19. The average Bonchev–Trinajstić information content (AvgIpc) is 2.31. The van der Waals surface area contributed by atoms with Crippen LogP contribution in [0.1, 0.15) is 12.5 Å². The fourth-order valence-electron chi connectivity index (χ4n) is 1.42. The second-order valence-electron chi connectivity index (χ2n) is 3.62. The molecular weight excluding hydrogens is 289 g/mol. The first-order valence-corrected chi connectivity index (χ1v) is 6.09. The second kappa shape index (κ2) is 6.71. The smallest absolute Gasteiger partial charge is 0.319 e. The Kier molecular flexibility index (Phi) is 5.58. The van der Waals surface area contributed by atoms with Crippen LogP contribution in [0, 0.1) is 5.82 Å². The van der Waals surface area contributed by atoms with Gasteiger partial charge in [-0.05, 0) is 24.2 Å². The number of methoxy groups -OCH3 is 1. The third-order valence-corrected chi connectivity index (χ3v) is 3.17. The minimum atomic E-state index is -0.281. The van der Waals surface area contributed by atoms with E-state index in [0.717, 1.165) is 12.1 Å². The first kappa shape index (κ1) is 14.1. The third-order valence-electron chi connectivity index (χ3n) is 2.44. The van der Waals surface area contributed by atoms with Gasteiger partial charge in [-0.15, -0.1) is 0 Å². The maximum absolute atomic E-state index is 12.9. The quantitative estimate of drug-likeness (QED) is 0.783. The molecule has 0 atom stereocenters. The van der Waals surface area contributed by atoms with Crippen molar-refractivity contribution in [1.29, 1.82) is 0 Å². The van der Waals surface area contributed by atoms with Crippen molar-refractivity contribution in [2.45, 2.75) is 13.5 Å². The van der Waals surface area contributed by atoms with Gasteiger partial charge in [0.1, 0.15) is 5.82 Å². The summed E-state index contributed by atoms with van der Waals surface area (Å²) in [5, 5.41) is 0. The predicted octanol–water partition coefficient (Wildman–Crippen LogP) is 2.58. The van der Waals surface area contributed by atoms with E-state index in [1.54, 1.807) is 6.07 Å². The summed E-state index contributed by atoms with van der Waals surface area (Å²) in [5.41, 5.74) is 0.942. The fourth-order valence-corrected chi connectivity index (χ4v) is 1.89. The summed E-state index contributed by atoms with van der Waals surface area (Å²) in [6.07, 6.45) is 0. The number of carbonyl (C=O) groups is 1. The van der Waals surface area contributed by atoms with Gasteiger partial charge in [0, 0.05) is 11.0 Å². The van der Waals surface area contributed by atoms with E-state index in [4.69, 9.17) is 0 Å². The Morgan fingerprint density at radius 2 is 2.24 bits per heavy atom. The van der Waals surface area contributed by atoms with E-state index in [-0.39, 0.29) is 18.3 Å². The molecule has 0 unspecified atom stereocenters. The lowest BCUT2D eigenvalue weighted by Crippen LogP contribution is -2.30. The molecular formula is C12H15BrFNO2. The van der Waals surface area contributed by atoms with Gasteiger partial charge in [0.15, 0.2) is 0 Å². The van der Waals surface area contributed by atoms with Crippen molar-refractivity contribution >= 4 is 21.9 Å². The third kappa shape index (κ3) is 4.44. The van der Waals surface area contributed by atoms with Gasteiger partial charge in [-0.3, -0.25) is 9.69 Å². The van der Waals surface area contributed by atoms with Crippen LogP contribution in [0.2, 0.25) is 0 Å². The van der Waals surface area contributed by atoms with Gasteiger partial charge in [-0.1, -0.05) is 28.9 Å². The topological polar surface area (TPSA) is 29.5 Å². The van der Waals surface area contributed by atoms with E-state index in [2.05, 4.69) is 20.7 Å². The Morgan fingerprint density at radius 1 is 1.53 bits per heavy atom. The van der Waals surface area contributed by atoms with Crippen LogP contribution >= 0.6 is 15.9 Å². The monoisotopic (exact) mass is 303 g/mol. The molecule has 17 heavy (non-hydrogen) atoms. The number of hydrogen-bond donors (Lipinski definition) is 0. The molecule has 0 spiro atoms. The van der Waals surface area contributed by atoms with Gasteiger partial charge in [-0.25, -0.2) is 4.39 Å². The lowest BCUT2D eigenvalue weighted by atomic mass is 10.2. The van der Waals surface area contributed by atoms with Crippen LogP contribution in [0.3, 0.4) is 0 Å². The summed E-state index contributed by atoms with van der Waals surface area (Å²) in [5.74, 6) is -0.554. The Bertz CT molecular complexity index is 398. The molecule has 0 aliphatic heterocycles. The molecule has 3 nitrogen and oxygen atoms in total. The Labute approximate surface area is 109 Å². The molecule has 0 amide bonds. The highest BCUT2D eigenvalue weighted by atomic mass is 79.9. The van der Waals surface area contributed by atoms with Crippen LogP contribution in [0.4, 0.5) is 4.39 Å². The zero-order valence-corrected chi connectivity index (χ0v) is 11.5. The summed E-state index contributed by atoms with van der Waals surface area (Å²) >= 11 is 3.31. The number of likely N-dealkylation sites (N-methyl/N-ethyl adjacent to an activating group) is 1. The molecule has 0 saturated heterocycles. The molecule has 0 bridgehead atoms. The SMILES string of the molecule is CCN(CC(=O)OC)Cc1ccc(F)cc1Br. The normalized spacial score (nSPS) is 10.6. The first-order valence-electron chi connectivity index (χ1n) is 5.30. The van der Waals surface area contributed by atoms with Gasteiger partial charge in [0.25, 0.3) is 0 Å². The van der Waals surface area contributed by atoms with Crippen molar-refractivity contribution in [1.82, 2.24) is 4.90 Å². The van der Waals surface area contributed by atoms with E-state index >= 15 is 0 Å². The molecule has 5 heteroatoms. The largest absolute Gasteiger partial charge is 0.468 e. The number of hydrogen-bond acceptors (Lipinski definition) is 3. The molecule has 0 N–H and O–H groups in total. The molecule has 0 fully saturated rings. The highest BCUT2D eigenvalue weighted by molar-refractivity contribution is 9.10. The second-order valence-corrected chi connectivity index (χ2v) is 4.47. The Morgan fingerprint density at radius 3 is 2.76 bits per heavy atom. The van der Waals surface area contributed by atoms with Crippen molar-refractivity contribution in [3.63, 3.8) is 0 Å². The molecule has 0 aliphatic rings. The van der Waals surface area contributed by atoms with Crippen LogP contribution in [0.25, 0.3) is 0 Å². The lowest BCUT2D eigenvalue weighted by molar-refractivity contribution is -0.142. The fraction of sp³-hybridized carbons (Fsp3) is 0.417. The van der Waals surface area contributed by atoms with E-state index in [9.17, 15) is 9.18 Å². The predicted molar refractivity (Wildman–Crippen MR) is 67.1 cm³/mol. The number of carbonyl (C=O) groups excluding carboxylic acids is 1. The highest BCUT2D eigenvalue weighted by Gasteiger charge is 2.11. The minimum Gasteiger partial charge on any atom is -0.468 e. The van der Waals surface area contributed by atoms with Crippen molar-refractivity contribution in [3.8, 4) is 0 Å². The number of rotatable bonds is 5. The maximum Gasteiger partial charge on any atom is 0.319 e. The summed E-state index contributed by atoms with van der Waals surface area (Å²) in [6, 6.07) is 4.53.